The summed E-state index contributed by atoms with van der Waals surface area (Å²) in [6, 6.07) is 4.48. The first-order chi connectivity index (χ1) is 21.0. The lowest BCUT2D eigenvalue weighted by molar-refractivity contribution is -0.137. The van der Waals surface area contributed by atoms with E-state index in [9.17, 15) is 28.0 Å². The molecule has 44 heavy (non-hydrogen) atoms. The number of imidazole rings is 1. The quantitative estimate of drug-likeness (QED) is 0.371. The third kappa shape index (κ3) is 6.96. The Kier molecular flexibility index (Phi) is 9.09. The van der Waals surface area contributed by atoms with Crippen molar-refractivity contribution in [3.63, 3.8) is 0 Å². The molecule has 15 heteroatoms. The van der Waals surface area contributed by atoms with E-state index in [1.165, 1.54) is 35.4 Å². The van der Waals surface area contributed by atoms with Gasteiger partial charge in [-0.1, -0.05) is 11.6 Å². The first kappa shape index (κ1) is 30.9. The summed E-state index contributed by atoms with van der Waals surface area (Å²) in [5, 5.41) is 8.45. The number of benzene rings is 1. The lowest BCUT2D eigenvalue weighted by Crippen LogP contribution is -2.59. The Morgan fingerprint density at radius 1 is 0.932 bits per heavy atom. The summed E-state index contributed by atoms with van der Waals surface area (Å²) >= 11 is 5.82. The number of nitrogens with one attached hydrogen (secondary N) is 3. The summed E-state index contributed by atoms with van der Waals surface area (Å²) in [6.45, 7) is 0.791. The van der Waals surface area contributed by atoms with Gasteiger partial charge in [-0.3, -0.25) is 14.4 Å². The fourth-order valence-electron chi connectivity index (χ4n) is 5.57. The third-order valence-corrected chi connectivity index (χ3v) is 7.96. The molecule has 0 spiro atoms. The molecule has 3 aromatic rings. The van der Waals surface area contributed by atoms with Crippen LogP contribution in [-0.2, 0) is 27.5 Å². The van der Waals surface area contributed by atoms with E-state index in [0.29, 0.717) is 41.5 Å². The van der Waals surface area contributed by atoms with Gasteiger partial charge >= 0.3 is 17.8 Å². The number of pyridine rings is 1. The molecule has 1 aromatic carbocycles. The highest BCUT2D eigenvalue weighted by atomic mass is 35.5. The third-order valence-electron chi connectivity index (χ3n) is 7.73. The Morgan fingerprint density at radius 3 is 2.36 bits per heavy atom. The number of rotatable bonds is 5. The van der Waals surface area contributed by atoms with Crippen molar-refractivity contribution in [3.8, 4) is 11.4 Å². The molecule has 3 atom stereocenters. The van der Waals surface area contributed by atoms with Crippen LogP contribution < -0.4 is 16.0 Å². The summed E-state index contributed by atoms with van der Waals surface area (Å²) in [7, 11) is 3.31. The zero-order chi connectivity index (χ0) is 31.5. The molecular weight excluding hydrogens is 598 g/mol. The highest BCUT2D eigenvalue weighted by Gasteiger charge is 2.38. The summed E-state index contributed by atoms with van der Waals surface area (Å²) in [5.41, 5.74) is 0.965. The molecule has 5 rings (SSSR count). The van der Waals surface area contributed by atoms with Crippen LogP contribution in [0.25, 0.3) is 11.4 Å². The number of urea groups is 1. The van der Waals surface area contributed by atoms with Crippen molar-refractivity contribution in [2.24, 2.45) is 5.92 Å². The summed E-state index contributed by atoms with van der Waals surface area (Å²) in [5.74, 6) is -3.21. The SMILES string of the molecule is CN(C)C(=O)[C@H]1CC[C@H](NC(=O)C(=O)Nc2ccc(Cl)cn2)[C@H](NC(=O)N2CCn3c(cnc3-c3cc(F)cc(F)c3)C2)C1. The number of anilines is 1. The van der Waals surface area contributed by atoms with Crippen LogP contribution >= 0.6 is 11.6 Å². The van der Waals surface area contributed by atoms with Crippen molar-refractivity contribution < 1.29 is 28.0 Å². The van der Waals surface area contributed by atoms with Gasteiger partial charge in [-0.25, -0.2) is 23.5 Å². The van der Waals surface area contributed by atoms with Gasteiger partial charge in [-0.2, -0.15) is 0 Å². The molecule has 2 aromatic heterocycles. The van der Waals surface area contributed by atoms with E-state index in [-0.39, 0.29) is 37.2 Å². The standard InChI is InChI=1S/C29H31ClF2N8O4/c1-38(2)28(43)16-3-5-22(35-26(41)27(42)37-24-6-4-18(30)13-33-24)23(11-16)36-29(44)39-7-8-40-21(15-39)14-34-25(40)17-9-19(31)12-20(32)10-17/h4,6,9-10,12-14,16,22-23H,3,5,7-8,11,15H2,1-2H3,(H,35,41)(H,36,44)(H,33,37,42)/t16-,22-,23+/m0/s1. The van der Waals surface area contributed by atoms with Crippen molar-refractivity contribution in [2.75, 3.05) is 26.0 Å². The van der Waals surface area contributed by atoms with Gasteiger partial charge in [0.2, 0.25) is 5.91 Å². The second kappa shape index (κ2) is 13.0. The van der Waals surface area contributed by atoms with Crippen molar-refractivity contribution in [3.05, 3.63) is 65.1 Å². The van der Waals surface area contributed by atoms with Crippen LogP contribution in [0.2, 0.25) is 5.02 Å². The van der Waals surface area contributed by atoms with E-state index in [0.717, 1.165) is 6.07 Å². The number of aromatic nitrogens is 3. The van der Waals surface area contributed by atoms with Gasteiger partial charge in [0.1, 0.15) is 23.3 Å². The molecule has 1 saturated carbocycles. The molecule has 2 aliphatic rings. The van der Waals surface area contributed by atoms with E-state index in [1.807, 2.05) is 4.57 Å². The van der Waals surface area contributed by atoms with Crippen LogP contribution in [0.3, 0.4) is 0 Å². The fraction of sp³-hybridized carbons (Fsp3) is 0.379. The maximum atomic E-state index is 13.8. The van der Waals surface area contributed by atoms with E-state index >= 15 is 0 Å². The normalized spacial score (nSPS) is 19.5. The van der Waals surface area contributed by atoms with Crippen molar-refractivity contribution in [1.29, 1.82) is 0 Å². The summed E-state index contributed by atoms with van der Waals surface area (Å²) < 4.78 is 29.4. The monoisotopic (exact) mass is 628 g/mol. The first-order valence-electron chi connectivity index (χ1n) is 14.0. The summed E-state index contributed by atoms with van der Waals surface area (Å²) in [6.07, 6.45) is 3.96. The van der Waals surface area contributed by atoms with E-state index in [1.54, 1.807) is 25.2 Å². The minimum Gasteiger partial charge on any atom is -0.349 e. The van der Waals surface area contributed by atoms with E-state index < -0.39 is 41.6 Å². The maximum Gasteiger partial charge on any atom is 0.318 e. The van der Waals surface area contributed by atoms with Crippen molar-refractivity contribution in [2.45, 2.75) is 44.4 Å². The maximum absolute atomic E-state index is 13.8. The fourth-order valence-corrected chi connectivity index (χ4v) is 5.68. The Labute approximate surface area is 256 Å². The van der Waals surface area contributed by atoms with E-state index in [2.05, 4.69) is 25.9 Å². The van der Waals surface area contributed by atoms with Crippen molar-refractivity contribution >= 4 is 41.2 Å². The van der Waals surface area contributed by atoms with Gasteiger partial charge < -0.3 is 30.3 Å². The number of fused-ring (bicyclic) bond motifs is 1. The van der Waals surface area contributed by atoms with Gasteiger partial charge in [-0.15, -0.1) is 0 Å². The molecule has 3 N–H and O–H groups in total. The zero-order valence-electron chi connectivity index (χ0n) is 24.0. The van der Waals surface area contributed by atoms with Crippen LogP contribution in [-0.4, -0.2) is 80.8 Å². The number of carbonyl (C=O) groups is 4. The molecule has 0 unspecified atom stereocenters. The second-order valence-electron chi connectivity index (χ2n) is 11.0. The van der Waals surface area contributed by atoms with Gasteiger partial charge in [0.15, 0.2) is 0 Å². The van der Waals surface area contributed by atoms with Gasteiger partial charge in [0.25, 0.3) is 0 Å². The highest BCUT2D eigenvalue weighted by Crippen LogP contribution is 2.28. The second-order valence-corrected chi connectivity index (χ2v) is 11.4. The van der Waals surface area contributed by atoms with Gasteiger partial charge in [0.05, 0.1) is 29.5 Å². The Balaban J connectivity index is 1.27. The highest BCUT2D eigenvalue weighted by molar-refractivity contribution is 6.39. The van der Waals surface area contributed by atoms with Crippen LogP contribution in [0.4, 0.5) is 19.4 Å². The average Bonchev–Trinajstić information content (AvgIpc) is 3.41. The predicted octanol–water partition coefficient (Wildman–Crippen LogP) is 2.78. The minimum absolute atomic E-state index is 0.0937. The number of nitrogens with zero attached hydrogens (tertiary/aromatic N) is 5. The molecule has 1 aliphatic heterocycles. The topological polar surface area (TPSA) is 142 Å². The molecule has 232 valence electrons. The van der Waals surface area contributed by atoms with Crippen LogP contribution in [0.5, 0.6) is 0 Å². The lowest BCUT2D eigenvalue weighted by Gasteiger charge is -2.38. The predicted molar refractivity (Wildman–Crippen MR) is 156 cm³/mol. The Morgan fingerprint density at radius 2 is 1.68 bits per heavy atom. The van der Waals surface area contributed by atoms with Gasteiger partial charge in [0, 0.05) is 57.0 Å². The number of amides is 5. The number of hydrogen-bond acceptors (Lipinski definition) is 6. The number of hydrogen-bond donors (Lipinski definition) is 3. The van der Waals surface area contributed by atoms with Crippen LogP contribution in [0, 0.1) is 17.6 Å². The summed E-state index contributed by atoms with van der Waals surface area (Å²) in [4.78, 5) is 62.9. The van der Waals surface area contributed by atoms with Gasteiger partial charge in [-0.05, 0) is 43.5 Å². The molecule has 1 fully saturated rings. The largest absolute Gasteiger partial charge is 0.349 e. The smallest absolute Gasteiger partial charge is 0.318 e. The lowest BCUT2D eigenvalue weighted by atomic mass is 9.81. The van der Waals surface area contributed by atoms with E-state index in [4.69, 9.17) is 11.6 Å². The molecule has 5 amide bonds. The van der Waals surface area contributed by atoms with Crippen molar-refractivity contribution in [1.82, 2.24) is 35.0 Å². The number of halogens is 3. The molecule has 0 saturated heterocycles. The molecule has 0 bridgehead atoms. The molecular formula is C29H31ClF2N8O4. The molecule has 3 heterocycles. The van der Waals surface area contributed by atoms with Crippen LogP contribution in [0.1, 0.15) is 25.0 Å². The Hall–Kier alpha value is -4.59. The van der Waals surface area contributed by atoms with Crippen LogP contribution in [0.15, 0.2) is 42.7 Å². The zero-order valence-corrected chi connectivity index (χ0v) is 24.8. The average molecular weight is 629 g/mol. The first-order valence-corrected chi connectivity index (χ1v) is 14.4. The molecule has 0 radical (unpaired) electrons. The Bertz CT molecular complexity index is 1560. The molecule has 1 aliphatic carbocycles. The minimum atomic E-state index is -0.935. The molecule has 12 nitrogen and oxygen atoms in total. The number of carbonyl (C=O) groups excluding carboxylic acids is 4.